The summed E-state index contributed by atoms with van der Waals surface area (Å²) in [6.07, 6.45) is 6.54. The highest BCUT2D eigenvalue weighted by molar-refractivity contribution is 6.08. The monoisotopic (exact) mass is 492 g/mol. The van der Waals surface area contributed by atoms with Gasteiger partial charge in [0.1, 0.15) is 30.1 Å². The molecule has 3 heterocycles. The van der Waals surface area contributed by atoms with Crippen LogP contribution in [0.1, 0.15) is 29.2 Å². The number of halogens is 2. The third-order valence-electron chi connectivity index (χ3n) is 6.51. The van der Waals surface area contributed by atoms with Crippen molar-refractivity contribution in [3.8, 4) is 0 Å². The summed E-state index contributed by atoms with van der Waals surface area (Å²) in [6.45, 7) is 1.87. The normalized spacial score (nSPS) is 18.4. The maximum absolute atomic E-state index is 14.1. The topological polar surface area (TPSA) is 82.8 Å². The van der Waals surface area contributed by atoms with Gasteiger partial charge in [-0.25, -0.2) is 18.6 Å². The van der Waals surface area contributed by atoms with Gasteiger partial charge < -0.3 is 14.4 Å². The van der Waals surface area contributed by atoms with Crippen LogP contribution in [0.2, 0.25) is 0 Å². The number of nitrogens with zero attached hydrogens (tertiary/aromatic N) is 5. The third kappa shape index (κ3) is 5.12. The number of hydrogen-bond donors (Lipinski definition) is 1. The summed E-state index contributed by atoms with van der Waals surface area (Å²) in [5, 5.41) is 2.71. The lowest BCUT2D eigenvalue weighted by Crippen LogP contribution is -2.37. The highest BCUT2D eigenvalue weighted by atomic mass is 19.1. The van der Waals surface area contributed by atoms with Gasteiger partial charge >= 0.3 is 6.03 Å². The van der Waals surface area contributed by atoms with E-state index >= 15 is 0 Å². The van der Waals surface area contributed by atoms with Crippen LogP contribution in [-0.2, 0) is 24.3 Å². The molecule has 3 amide bonds. The molecule has 0 spiro atoms. The Labute approximate surface area is 207 Å². The minimum atomic E-state index is -0.819. The second kappa shape index (κ2) is 10.3. The van der Waals surface area contributed by atoms with Crippen molar-refractivity contribution < 1.29 is 18.4 Å². The first kappa shape index (κ1) is 23.7. The lowest BCUT2D eigenvalue weighted by atomic mass is 10.00. The van der Waals surface area contributed by atoms with Gasteiger partial charge in [-0.1, -0.05) is 24.3 Å². The SMILES string of the molecule is O=C(C/N=C1/NC(=O)N(CCCn2ccnc2)C1c1cc(F)cc(F)c1)N1CCc2ccccc2C1. The molecular formula is C26H26F2N6O2. The minimum absolute atomic E-state index is 0.172. The van der Waals surface area contributed by atoms with E-state index < -0.39 is 23.7 Å². The molecule has 36 heavy (non-hydrogen) atoms. The van der Waals surface area contributed by atoms with Crippen molar-refractivity contribution in [2.45, 2.75) is 32.0 Å². The predicted molar refractivity (Wildman–Crippen MR) is 129 cm³/mol. The number of carbonyl (C=O) groups is 2. The molecule has 1 N–H and O–H groups in total. The van der Waals surface area contributed by atoms with Crippen LogP contribution in [0.5, 0.6) is 0 Å². The number of fused-ring (bicyclic) bond motifs is 1. The van der Waals surface area contributed by atoms with Gasteiger partial charge in [0.15, 0.2) is 0 Å². The second-order valence-electron chi connectivity index (χ2n) is 8.92. The Hall–Kier alpha value is -4.08. The molecule has 1 fully saturated rings. The molecule has 1 unspecified atom stereocenters. The molecule has 186 valence electrons. The first-order valence-electron chi connectivity index (χ1n) is 11.9. The van der Waals surface area contributed by atoms with E-state index in [4.69, 9.17) is 0 Å². The van der Waals surface area contributed by atoms with Crippen molar-refractivity contribution in [2.24, 2.45) is 4.99 Å². The van der Waals surface area contributed by atoms with Crippen molar-refractivity contribution in [2.75, 3.05) is 19.6 Å². The summed E-state index contributed by atoms with van der Waals surface area (Å²) in [5.41, 5.74) is 2.60. The highest BCUT2D eigenvalue weighted by Gasteiger charge is 2.38. The van der Waals surface area contributed by atoms with Gasteiger partial charge in [-0.15, -0.1) is 0 Å². The molecule has 0 radical (unpaired) electrons. The quantitative estimate of drug-likeness (QED) is 0.550. The summed E-state index contributed by atoms with van der Waals surface area (Å²) < 4.78 is 30.0. The predicted octanol–water partition coefficient (Wildman–Crippen LogP) is 3.30. The van der Waals surface area contributed by atoms with Gasteiger partial charge in [0.05, 0.1) is 6.33 Å². The maximum atomic E-state index is 14.1. The molecule has 2 aliphatic rings. The zero-order valence-electron chi connectivity index (χ0n) is 19.6. The Kier molecular flexibility index (Phi) is 6.75. The number of nitrogens with one attached hydrogen (secondary N) is 1. The van der Waals surface area contributed by atoms with Crippen LogP contribution in [-0.4, -0.2) is 56.8 Å². The number of benzene rings is 2. The van der Waals surface area contributed by atoms with Crippen LogP contribution < -0.4 is 5.32 Å². The van der Waals surface area contributed by atoms with Gasteiger partial charge in [0.25, 0.3) is 0 Å². The van der Waals surface area contributed by atoms with Crippen LogP contribution in [0, 0.1) is 11.6 Å². The molecule has 2 aliphatic heterocycles. The molecule has 10 heteroatoms. The fraction of sp³-hybridized carbons (Fsp3) is 0.308. The Morgan fingerprint density at radius 3 is 2.64 bits per heavy atom. The summed E-state index contributed by atoms with van der Waals surface area (Å²) in [4.78, 5) is 37.5. The molecule has 1 aromatic heterocycles. The van der Waals surface area contributed by atoms with Crippen molar-refractivity contribution in [3.63, 3.8) is 0 Å². The number of carbonyl (C=O) groups excluding carboxylic acids is 2. The van der Waals surface area contributed by atoms with Gasteiger partial charge in [-0.05, 0) is 41.7 Å². The van der Waals surface area contributed by atoms with Crippen LogP contribution in [0.4, 0.5) is 13.6 Å². The average Bonchev–Trinajstić information content (AvgIpc) is 3.49. The van der Waals surface area contributed by atoms with E-state index in [0.717, 1.165) is 18.1 Å². The molecule has 5 rings (SSSR count). The summed E-state index contributed by atoms with van der Waals surface area (Å²) in [5.74, 6) is -1.46. The zero-order valence-corrected chi connectivity index (χ0v) is 19.6. The minimum Gasteiger partial charge on any atom is -0.337 e. The lowest BCUT2D eigenvalue weighted by molar-refractivity contribution is -0.130. The lowest BCUT2D eigenvalue weighted by Gasteiger charge is -2.28. The number of urea groups is 1. The molecular weight excluding hydrogens is 466 g/mol. The first-order valence-corrected chi connectivity index (χ1v) is 11.9. The molecule has 2 aromatic carbocycles. The van der Waals surface area contributed by atoms with E-state index in [1.54, 1.807) is 17.4 Å². The number of aryl methyl sites for hydroxylation is 1. The van der Waals surface area contributed by atoms with E-state index in [1.807, 2.05) is 29.0 Å². The van der Waals surface area contributed by atoms with Crippen molar-refractivity contribution in [3.05, 3.63) is 89.5 Å². The van der Waals surface area contributed by atoms with E-state index in [-0.39, 0.29) is 23.9 Å². The summed E-state index contributed by atoms with van der Waals surface area (Å²) >= 11 is 0. The Morgan fingerprint density at radius 1 is 1.11 bits per heavy atom. The highest BCUT2D eigenvalue weighted by Crippen LogP contribution is 2.28. The van der Waals surface area contributed by atoms with Gasteiger partial charge in [-0.3, -0.25) is 15.1 Å². The van der Waals surface area contributed by atoms with E-state index in [9.17, 15) is 18.4 Å². The number of amidine groups is 1. The van der Waals surface area contributed by atoms with Gasteiger partial charge in [0, 0.05) is 44.6 Å². The zero-order chi connectivity index (χ0) is 25.1. The summed E-state index contributed by atoms with van der Waals surface area (Å²) in [6, 6.07) is 9.93. The second-order valence-corrected chi connectivity index (χ2v) is 8.92. The van der Waals surface area contributed by atoms with Crippen LogP contribution in [0.3, 0.4) is 0 Å². The van der Waals surface area contributed by atoms with Crippen LogP contribution in [0.25, 0.3) is 0 Å². The van der Waals surface area contributed by atoms with Gasteiger partial charge in [-0.2, -0.15) is 0 Å². The fourth-order valence-electron chi connectivity index (χ4n) is 4.75. The standard InChI is InChI=1S/C26H26F2N6O2/c27-21-12-20(13-22(28)14-21)24-25(31-26(36)34(24)9-3-8-32-11-7-29-17-32)30-15-23(35)33-10-6-18-4-1-2-5-19(18)16-33/h1-2,4-5,7,11-14,17,24H,3,6,8-10,15-16H2,(H,30,31,36). The van der Waals surface area contributed by atoms with E-state index in [0.29, 0.717) is 32.6 Å². The van der Waals surface area contributed by atoms with Crippen LogP contribution in [0.15, 0.2) is 66.2 Å². The third-order valence-corrected chi connectivity index (χ3v) is 6.51. The van der Waals surface area contributed by atoms with Crippen molar-refractivity contribution in [1.29, 1.82) is 0 Å². The summed E-state index contributed by atoms with van der Waals surface area (Å²) in [7, 11) is 0. The molecule has 1 atom stereocenters. The number of aromatic nitrogens is 2. The Balaban J connectivity index is 1.34. The molecule has 3 aromatic rings. The number of hydrogen-bond acceptors (Lipinski definition) is 4. The average molecular weight is 493 g/mol. The number of amides is 3. The number of rotatable bonds is 7. The molecule has 0 aliphatic carbocycles. The van der Waals surface area contributed by atoms with Crippen LogP contribution >= 0.6 is 0 Å². The molecule has 8 nitrogen and oxygen atoms in total. The molecule has 0 bridgehead atoms. The number of aliphatic imine (C=N–C) groups is 1. The maximum Gasteiger partial charge on any atom is 0.323 e. The first-order chi connectivity index (χ1) is 17.5. The fourth-order valence-corrected chi connectivity index (χ4v) is 4.75. The van der Waals surface area contributed by atoms with E-state index in [1.165, 1.54) is 22.6 Å². The Morgan fingerprint density at radius 2 is 1.89 bits per heavy atom. The smallest absolute Gasteiger partial charge is 0.323 e. The van der Waals surface area contributed by atoms with Crippen molar-refractivity contribution in [1.82, 2.24) is 24.7 Å². The molecule has 0 saturated carbocycles. The largest absolute Gasteiger partial charge is 0.337 e. The number of imidazole rings is 1. The van der Waals surface area contributed by atoms with Crippen molar-refractivity contribution >= 4 is 17.8 Å². The van der Waals surface area contributed by atoms with E-state index in [2.05, 4.69) is 21.4 Å². The van der Waals surface area contributed by atoms with Gasteiger partial charge in [0.2, 0.25) is 5.91 Å². The molecule has 1 saturated heterocycles. The Bertz CT molecular complexity index is 1270.